The van der Waals surface area contributed by atoms with Gasteiger partial charge in [-0.25, -0.2) is 0 Å². The number of benzene rings is 2. The Labute approximate surface area is 122 Å². The van der Waals surface area contributed by atoms with Gasteiger partial charge in [0.05, 0.1) is 4.92 Å². The summed E-state index contributed by atoms with van der Waals surface area (Å²) in [7, 11) is 0. The SMILES string of the molecule is N#Cc1cccc(NCc2ccc(CN)cc2)c1[N+](=O)[O-]. The molecule has 0 unspecified atom stereocenters. The van der Waals surface area contributed by atoms with Crippen LogP contribution in [-0.4, -0.2) is 4.92 Å². The molecule has 0 aliphatic carbocycles. The second-order valence-corrected chi connectivity index (χ2v) is 4.44. The van der Waals surface area contributed by atoms with Crippen LogP contribution >= 0.6 is 0 Å². The Kier molecular flexibility index (Phi) is 4.49. The first kappa shape index (κ1) is 14.5. The molecule has 0 aromatic heterocycles. The number of para-hydroxylation sites is 1. The number of nitrogens with two attached hydrogens (primary N) is 1. The fourth-order valence-corrected chi connectivity index (χ4v) is 1.96. The van der Waals surface area contributed by atoms with Crippen molar-refractivity contribution < 1.29 is 4.92 Å². The summed E-state index contributed by atoms with van der Waals surface area (Å²) >= 11 is 0. The predicted molar refractivity (Wildman–Crippen MR) is 79.5 cm³/mol. The molecule has 2 aromatic rings. The number of hydrogen-bond donors (Lipinski definition) is 2. The first-order valence-corrected chi connectivity index (χ1v) is 6.35. The molecule has 0 fully saturated rings. The first-order valence-electron chi connectivity index (χ1n) is 6.35. The molecular weight excluding hydrogens is 268 g/mol. The number of nitrogens with zero attached hydrogens (tertiary/aromatic N) is 2. The second kappa shape index (κ2) is 6.50. The molecule has 6 nitrogen and oxygen atoms in total. The van der Waals surface area contributed by atoms with E-state index in [1.54, 1.807) is 12.1 Å². The molecule has 0 radical (unpaired) electrons. The fourth-order valence-electron chi connectivity index (χ4n) is 1.96. The lowest BCUT2D eigenvalue weighted by Crippen LogP contribution is -2.04. The van der Waals surface area contributed by atoms with E-state index in [2.05, 4.69) is 5.32 Å². The molecule has 21 heavy (non-hydrogen) atoms. The summed E-state index contributed by atoms with van der Waals surface area (Å²) in [6, 6.07) is 14.1. The molecule has 0 saturated carbocycles. The number of nitriles is 1. The molecule has 106 valence electrons. The Morgan fingerprint density at radius 3 is 2.43 bits per heavy atom. The molecule has 0 heterocycles. The number of nitro groups is 1. The highest BCUT2D eigenvalue weighted by Crippen LogP contribution is 2.28. The van der Waals surface area contributed by atoms with E-state index in [9.17, 15) is 10.1 Å². The summed E-state index contributed by atoms with van der Waals surface area (Å²) in [6.07, 6.45) is 0. The van der Waals surface area contributed by atoms with Crippen LogP contribution in [0.5, 0.6) is 0 Å². The normalized spacial score (nSPS) is 9.90. The molecule has 0 aliphatic rings. The van der Waals surface area contributed by atoms with Crippen molar-refractivity contribution >= 4 is 11.4 Å². The van der Waals surface area contributed by atoms with Crippen LogP contribution in [0.1, 0.15) is 16.7 Å². The smallest absolute Gasteiger partial charge is 0.309 e. The van der Waals surface area contributed by atoms with E-state index in [0.29, 0.717) is 18.8 Å². The van der Waals surface area contributed by atoms with Crippen LogP contribution in [0.3, 0.4) is 0 Å². The summed E-state index contributed by atoms with van der Waals surface area (Å²) in [5.74, 6) is 0. The Morgan fingerprint density at radius 1 is 1.19 bits per heavy atom. The standard InChI is InChI=1S/C15H14N4O2/c16-8-11-4-6-12(7-5-11)10-18-14-3-1-2-13(9-17)15(14)19(20)21/h1-7,18H,8,10,16H2. The highest BCUT2D eigenvalue weighted by Gasteiger charge is 2.19. The fraction of sp³-hybridized carbons (Fsp3) is 0.133. The molecule has 3 N–H and O–H groups in total. The monoisotopic (exact) mass is 282 g/mol. The number of nitrogens with one attached hydrogen (secondary N) is 1. The molecule has 2 aromatic carbocycles. The summed E-state index contributed by atoms with van der Waals surface area (Å²) in [5, 5.41) is 23.0. The third-order valence-electron chi connectivity index (χ3n) is 3.08. The lowest BCUT2D eigenvalue weighted by molar-refractivity contribution is -0.384. The maximum Gasteiger partial charge on any atom is 0.309 e. The highest BCUT2D eigenvalue weighted by molar-refractivity contribution is 5.68. The maximum atomic E-state index is 11.1. The van der Waals surface area contributed by atoms with Crippen molar-refractivity contribution in [2.24, 2.45) is 5.73 Å². The van der Waals surface area contributed by atoms with Crippen LogP contribution < -0.4 is 11.1 Å². The van der Waals surface area contributed by atoms with Gasteiger partial charge in [-0.1, -0.05) is 30.3 Å². The van der Waals surface area contributed by atoms with E-state index in [-0.39, 0.29) is 11.3 Å². The molecule has 0 bridgehead atoms. The Morgan fingerprint density at radius 2 is 1.86 bits per heavy atom. The molecule has 0 aliphatic heterocycles. The van der Waals surface area contributed by atoms with Crippen molar-refractivity contribution in [2.45, 2.75) is 13.1 Å². The largest absolute Gasteiger partial charge is 0.375 e. The predicted octanol–water partition coefficient (Wildman–Crippen LogP) is 2.54. The number of nitro benzene ring substituents is 1. The Balaban J connectivity index is 2.20. The van der Waals surface area contributed by atoms with Gasteiger partial charge in [-0.2, -0.15) is 5.26 Å². The van der Waals surface area contributed by atoms with Gasteiger partial charge >= 0.3 is 5.69 Å². The van der Waals surface area contributed by atoms with Gasteiger partial charge < -0.3 is 11.1 Å². The van der Waals surface area contributed by atoms with Gasteiger partial charge in [-0.15, -0.1) is 0 Å². The van der Waals surface area contributed by atoms with Crippen LogP contribution in [-0.2, 0) is 13.1 Å². The van der Waals surface area contributed by atoms with Gasteiger partial charge in [0.25, 0.3) is 0 Å². The van der Waals surface area contributed by atoms with E-state index >= 15 is 0 Å². The maximum absolute atomic E-state index is 11.1. The summed E-state index contributed by atoms with van der Waals surface area (Å²) in [6.45, 7) is 0.907. The van der Waals surface area contributed by atoms with Crippen molar-refractivity contribution in [3.63, 3.8) is 0 Å². The molecular formula is C15H14N4O2. The van der Waals surface area contributed by atoms with Gasteiger partial charge in [0, 0.05) is 13.1 Å². The van der Waals surface area contributed by atoms with Gasteiger partial charge in [-0.05, 0) is 23.3 Å². The topological polar surface area (TPSA) is 105 Å². The lowest BCUT2D eigenvalue weighted by Gasteiger charge is -2.08. The molecule has 6 heteroatoms. The van der Waals surface area contributed by atoms with Gasteiger partial charge in [0.15, 0.2) is 0 Å². The Hall–Kier alpha value is -2.91. The van der Waals surface area contributed by atoms with Crippen molar-refractivity contribution in [1.29, 1.82) is 5.26 Å². The lowest BCUT2D eigenvalue weighted by atomic mass is 10.1. The quantitative estimate of drug-likeness (QED) is 0.647. The number of hydrogen-bond acceptors (Lipinski definition) is 5. The average molecular weight is 282 g/mol. The molecule has 2 rings (SSSR count). The summed E-state index contributed by atoms with van der Waals surface area (Å²) in [5.41, 5.74) is 7.71. The van der Waals surface area contributed by atoms with Crippen LogP contribution in [0.4, 0.5) is 11.4 Å². The minimum absolute atomic E-state index is 0.0449. The third kappa shape index (κ3) is 3.35. The summed E-state index contributed by atoms with van der Waals surface area (Å²) in [4.78, 5) is 10.6. The zero-order valence-electron chi connectivity index (χ0n) is 11.2. The number of anilines is 1. The minimum atomic E-state index is -0.543. The third-order valence-corrected chi connectivity index (χ3v) is 3.08. The minimum Gasteiger partial charge on any atom is -0.375 e. The van der Waals surface area contributed by atoms with E-state index in [4.69, 9.17) is 11.0 Å². The Bertz CT molecular complexity index is 690. The van der Waals surface area contributed by atoms with Crippen LogP contribution in [0.25, 0.3) is 0 Å². The van der Waals surface area contributed by atoms with Crippen molar-refractivity contribution in [3.8, 4) is 6.07 Å². The molecule has 0 amide bonds. The van der Waals surface area contributed by atoms with Crippen LogP contribution in [0.2, 0.25) is 0 Å². The van der Waals surface area contributed by atoms with Crippen molar-refractivity contribution in [1.82, 2.24) is 0 Å². The van der Waals surface area contributed by atoms with Crippen LogP contribution in [0.15, 0.2) is 42.5 Å². The first-order chi connectivity index (χ1) is 10.2. The zero-order chi connectivity index (χ0) is 15.2. The van der Waals surface area contributed by atoms with E-state index in [1.807, 2.05) is 30.3 Å². The van der Waals surface area contributed by atoms with Gasteiger partial charge in [0.1, 0.15) is 17.3 Å². The van der Waals surface area contributed by atoms with E-state index < -0.39 is 4.92 Å². The van der Waals surface area contributed by atoms with Gasteiger partial charge in [0.2, 0.25) is 0 Å². The zero-order valence-corrected chi connectivity index (χ0v) is 11.2. The summed E-state index contributed by atoms with van der Waals surface area (Å²) < 4.78 is 0. The van der Waals surface area contributed by atoms with Crippen molar-refractivity contribution in [2.75, 3.05) is 5.32 Å². The highest BCUT2D eigenvalue weighted by atomic mass is 16.6. The number of rotatable bonds is 5. The van der Waals surface area contributed by atoms with Crippen LogP contribution in [0, 0.1) is 21.4 Å². The molecule has 0 atom stereocenters. The van der Waals surface area contributed by atoms with Crippen molar-refractivity contribution in [3.05, 3.63) is 69.3 Å². The average Bonchev–Trinajstić information content (AvgIpc) is 2.52. The second-order valence-electron chi connectivity index (χ2n) is 4.44. The van der Waals surface area contributed by atoms with E-state index in [0.717, 1.165) is 11.1 Å². The van der Waals surface area contributed by atoms with E-state index in [1.165, 1.54) is 6.07 Å². The van der Waals surface area contributed by atoms with Gasteiger partial charge in [-0.3, -0.25) is 10.1 Å². The molecule has 0 spiro atoms. The molecule has 0 saturated heterocycles.